The normalized spacial score (nSPS) is 22.3. The van der Waals surface area contributed by atoms with Crippen molar-refractivity contribution in [1.82, 2.24) is 15.1 Å². The van der Waals surface area contributed by atoms with Crippen molar-refractivity contribution in [2.75, 3.05) is 13.6 Å². The number of rotatable bonds is 3. The molecule has 1 fully saturated rings. The fraction of sp³-hybridized carbons (Fsp3) is 0.467. The van der Waals surface area contributed by atoms with Gasteiger partial charge in [-0.15, -0.1) is 0 Å². The van der Waals surface area contributed by atoms with E-state index in [0.717, 1.165) is 30.2 Å². The Morgan fingerprint density at radius 3 is 3.10 bits per heavy atom. The van der Waals surface area contributed by atoms with Gasteiger partial charge in [0.1, 0.15) is 0 Å². The highest BCUT2D eigenvalue weighted by atomic mass is 16.3. The van der Waals surface area contributed by atoms with Crippen LogP contribution in [0.15, 0.2) is 24.4 Å². The summed E-state index contributed by atoms with van der Waals surface area (Å²) in [5.41, 5.74) is 1.59. The number of aliphatic hydroxyl groups is 1. The summed E-state index contributed by atoms with van der Waals surface area (Å²) in [4.78, 5) is 14.1. The molecule has 2 aromatic rings. The lowest BCUT2D eigenvalue weighted by atomic mass is 10.0. The van der Waals surface area contributed by atoms with Crippen LogP contribution in [-0.4, -0.2) is 45.8 Å². The Kier molecular flexibility index (Phi) is 3.44. The zero-order valence-electron chi connectivity index (χ0n) is 11.5. The van der Waals surface area contributed by atoms with Crippen LogP contribution >= 0.6 is 0 Å². The number of aliphatic hydroxyl groups excluding tert-OH is 1. The maximum Gasteiger partial charge on any atom is 0.253 e. The number of hydrogen-bond acceptors (Lipinski definition) is 3. The summed E-state index contributed by atoms with van der Waals surface area (Å²) in [6.07, 6.45) is 4.36. The molecule has 106 valence electrons. The van der Waals surface area contributed by atoms with E-state index >= 15 is 0 Å². The van der Waals surface area contributed by atoms with Crippen LogP contribution in [0.5, 0.6) is 0 Å². The van der Waals surface area contributed by atoms with E-state index in [1.807, 2.05) is 18.2 Å². The van der Waals surface area contributed by atoms with E-state index in [0.29, 0.717) is 12.1 Å². The molecule has 1 saturated carbocycles. The van der Waals surface area contributed by atoms with Gasteiger partial charge in [0.05, 0.1) is 17.8 Å². The summed E-state index contributed by atoms with van der Waals surface area (Å²) in [6, 6.07) is 5.53. The predicted molar refractivity (Wildman–Crippen MR) is 76.4 cm³/mol. The van der Waals surface area contributed by atoms with Crippen molar-refractivity contribution >= 4 is 16.8 Å². The smallest absolute Gasteiger partial charge is 0.253 e. The highest BCUT2D eigenvalue weighted by Gasteiger charge is 2.27. The molecule has 1 aromatic carbocycles. The first-order valence-corrected chi connectivity index (χ1v) is 7.02. The highest BCUT2D eigenvalue weighted by Crippen LogP contribution is 2.26. The third-order valence-corrected chi connectivity index (χ3v) is 4.16. The lowest BCUT2D eigenvalue weighted by Crippen LogP contribution is -2.34. The van der Waals surface area contributed by atoms with Crippen molar-refractivity contribution < 1.29 is 9.90 Å². The van der Waals surface area contributed by atoms with Crippen LogP contribution in [0.4, 0.5) is 0 Å². The van der Waals surface area contributed by atoms with Crippen LogP contribution in [0.2, 0.25) is 0 Å². The molecule has 3 rings (SSSR count). The Morgan fingerprint density at radius 1 is 1.50 bits per heavy atom. The van der Waals surface area contributed by atoms with Gasteiger partial charge in [-0.25, -0.2) is 0 Å². The van der Waals surface area contributed by atoms with Crippen molar-refractivity contribution in [2.45, 2.75) is 25.4 Å². The molecule has 5 nitrogen and oxygen atoms in total. The van der Waals surface area contributed by atoms with Crippen LogP contribution in [0.25, 0.3) is 10.9 Å². The lowest BCUT2D eigenvalue weighted by molar-refractivity contribution is 0.0693. The second-order valence-corrected chi connectivity index (χ2v) is 5.62. The van der Waals surface area contributed by atoms with Crippen LogP contribution < -0.4 is 0 Å². The number of H-pyrrole nitrogens is 1. The molecule has 2 N–H and O–H groups in total. The third kappa shape index (κ3) is 2.41. The standard InChI is InChI=1S/C15H19N3O2/c1-18(9-11-3-2-4-14(11)19)15(20)10-5-6-13-12(7-10)8-16-17-13/h5-8,11,14,19H,2-4,9H2,1H3,(H,16,17). The molecule has 0 saturated heterocycles. The lowest BCUT2D eigenvalue weighted by Gasteiger charge is -2.23. The number of carbonyl (C=O) groups excluding carboxylic acids is 1. The SMILES string of the molecule is CN(CC1CCCC1O)C(=O)c1ccc2[nH]ncc2c1. The number of aromatic nitrogens is 2. The number of nitrogens with zero attached hydrogens (tertiary/aromatic N) is 2. The van der Waals surface area contributed by atoms with Crippen LogP contribution in [0, 0.1) is 5.92 Å². The number of hydrogen-bond donors (Lipinski definition) is 2. The summed E-state index contributed by atoms with van der Waals surface area (Å²) in [6.45, 7) is 0.615. The minimum absolute atomic E-state index is 0.00722. The number of aromatic amines is 1. The average Bonchev–Trinajstić information content (AvgIpc) is 3.06. The van der Waals surface area contributed by atoms with Gasteiger partial charge in [-0.3, -0.25) is 9.89 Å². The van der Waals surface area contributed by atoms with E-state index in [4.69, 9.17) is 0 Å². The number of benzene rings is 1. The third-order valence-electron chi connectivity index (χ3n) is 4.16. The van der Waals surface area contributed by atoms with Gasteiger partial charge in [-0.1, -0.05) is 6.42 Å². The molecule has 5 heteroatoms. The number of nitrogens with one attached hydrogen (secondary N) is 1. The maximum atomic E-state index is 12.4. The molecule has 0 aliphatic heterocycles. The summed E-state index contributed by atoms with van der Waals surface area (Å²) < 4.78 is 0. The van der Waals surface area contributed by atoms with E-state index in [-0.39, 0.29) is 17.9 Å². The Balaban J connectivity index is 1.73. The van der Waals surface area contributed by atoms with Crippen LogP contribution in [0.1, 0.15) is 29.6 Å². The molecular weight excluding hydrogens is 254 g/mol. The van der Waals surface area contributed by atoms with Crippen molar-refractivity contribution in [3.63, 3.8) is 0 Å². The van der Waals surface area contributed by atoms with E-state index in [1.165, 1.54) is 0 Å². The first-order chi connectivity index (χ1) is 9.65. The summed E-state index contributed by atoms with van der Waals surface area (Å²) in [5.74, 6) is 0.203. The molecule has 2 atom stereocenters. The fourth-order valence-electron chi connectivity index (χ4n) is 2.96. The van der Waals surface area contributed by atoms with Gasteiger partial charge in [-0.2, -0.15) is 5.10 Å². The molecule has 0 bridgehead atoms. The van der Waals surface area contributed by atoms with Crippen LogP contribution in [0.3, 0.4) is 0 Å². The molecule has 20 heavy (non-hydrogen) atoms. The Bertz CT molecular complexity index is 622. The second-order valence-electron chi connectivity index (χ2n) is 5.62. The van der Waals surface area contributed by atoms with Gasteiger partial charge in [0.2, 0.25) is 0 Å². The zero-order chi connectivity index (χ0) is 14.1. The summed E-state index contributed by atoms with van der Waals surface area (Å²) in [7, 11) is 1.80. The van der Waals surface area contributed by atoms with Crippen molar-refractivity contribution in [3.05, 3.63) is 30.0 Å². The molecule has 1 aliphatic carbocycles. The summed E-state index contributed by atoms with van der Waals surface area (Å²) >= 11 is 0. The molecular formula is C15H19N3O2. The molecule has 1 heterocycles. The van der Waals surface area contributed by atoms with E-state index < -0.39 is 0 Å². The van der Waals surface area contributed by atoms with E-state index in [2.05, 4.69) is 10.2 Å². The predicted octanol–water partition coefficient (Wildman–Crippen LogP) is 1.80. The van der Waals surface area contributed by atoms with Gasteiger partial charge in [0.15, 0.2) is 0 Å². The Morgan fingerprint density at radius 2 is 2.35 bits per heavy atom. The first-order valence-electron chi connectivity index (χ1n) is 7.02. The zero-order valence-corrected chi connectivity index (χ0v) is 11.5. The molecule has 1 amide bonds. The van der Waals surface area contributed by atoms with Crippen molar-refractivity contribution in [1.29, 1.82) is 0 Å². The topological polar surface area (TPSA) is 69.2 Å². The average molecular weight is 273 g/mol. The van der Waals surface area contributed by atoms with Crippen molar-refractivity contribution in [2.24, 2.45) is 5.92 Å². The highest BCUT2D eigenvalue weighted by molar-refractivity contribution is 5.97. The van der Waals surface area contributed by atoms with Gasteiger partial charge >= 0.3 is 0 Å². The van der Waals surface area contributed by atoms with Crippen molar-refractivity contribution in [3.8, 4) is 0 Å². The summed E-state index contributed by atoms with van der Waals surface area (Å²) in [5, 5.41) is 17.6. The number of amides is 1. The fourth-order valence-corrected chi connectivity index (χ4v) is 2.96. The Labute approximate surface area is 117 Å². The van der Waals surface area contributed by atoms with Gasteiger partial charge in [0.25, 0.3) is 5.91 Å². The van der Waals surface area contributed by atoms with Gasteiger partial charge in [0, 0.05) is 30.5 Å². The largest absolute Gasteiger partial charge is 0.393 e. The quantitative estimate of drug-likeness (QED) is 0.896. The number of fused-ring (bicyclic) bond motifs is 1. The van der Waals surface area contributed by atoms with Crippen LogP contribution in [-0.2, 0) is 0 Å². The first kappa shape index (κ1) is 13.1. The Hall–Kier alpha value is -1.88. The monoisotopic (exact) mass is 273 g/mol. The van der Waals surface area contributed by atoms with E-state index in [1.54, 1.807) is 18.1 Å². The maximum absolute atomic E-state index is 12.4. The molecule has 0 spiro atoms. The van der Waals surface area contributed by atoms with Gasteiger partial charge in [-0.05, 0) is 31.0 Å². The molecule has 1 aromatic heterocycles. The van der Waals surface area contributed by atoms with Gasteiger partial charge < -0.3 is 10.0 Å². The molecule has 0 radical (unpaired) electrons. The molecule has 2 unspecified atom stereocenters. The number of carbonyl (C=O) groups is 1. The molecule has 1 aliphatic rings. The minimum atomic E-state index is -0.262. The second kappa shape index (κ2) is 5.25. The minimum Gasteiger partial charge on any atom is -0.393 e. The van der Waals surface area contributed by atoms with E-state index in [9.17, 15) is 9.90 Å².